The van der Waals surface area contributed by atoms with E-state index in [0.717, 1.165) is 54.7 Å². The maximum absolute atomic E-state index is 12.6. The number of ether oxygens (including phenoxy) is 2. The van der Waals surface area contributed by atoms with E-state index < -0.39 is 0 Å². The summed E-state index contributed by atoms with van der Waals surface area (Å²) in [5.41, 5.74) is 3.74. The molecular formula is C27H24Cl3NO3. The van der Waals surface area contributed by atoms with Gasteiger partial charge in [0.15, 0.2) is 5.75 Å². The minimum Gasteiger partial charge on any atom is -0.493 e. The molecule has 3 aromatic carbocycles. The number of nitrogens with one attached hydrogen (secondary N) is 1. The second-order valence-corrected chi connectivity index (χ2v) is 9.93. The summed E-state index contributed by atoms with van der Waals surface area (Å²) in [6, 6.07) is 14.4. The molecule has 3 aromatic rings. The Labute approximate surface area is 214 Å². The van der Waals surface area contributed by atoms with Crippen molar-refractivity contribution in [2.75, 3.05) is 13.2 Å². The molecule has 0 spiro atoms. The number of rotatable bonds is 7. The second-order valence-electron chi connectivity index (χ2n) is 8.68. The molecule has 1 aliphatic heterocycles. The Morgan fingerprint density at radius 3 is 2.56 bits per heavy atom. The van der Waals surface area contributed by atoms with Crippen molar-refractivity contribution in [3.63, 3.8) is 0 Å². The number of amides is 1. The van der Waals surface area contributed by atoms with Gasteiger partial charge >= 0.3 is 0 Å². The van der Waals surface area contributed by atoms with Crippen LogP contribution in [-0.4, -0.2) is 19.1 Å². The van der Waals surface area contributed by atoms with Gasteiger partial charge in [-0.25, -0.2) is 0 Å². The van der Waals surface area contributed by atoms with E-state index in [0.29, 0.717) is 51.0 Å². The molecule has 1 heterocycles. The number of halogens is 3. The fraction of sp³-hybridized carbons (Fsp3) is 0.296. The Hall–Kier alpha value is -2.40. The molecule has 176 valence electrons. The van der Waals surface area contributed by atoms with Crippen LogP contribution in [0.2, 0.25) is 15.1 Å². The lowest BCUT2D eigenvalue weighted by Gasteiger charge is -2.24. The summed E-state index contributed by atoms with van der Waals surface area (Å²) in [6.45, 7) is 1.19. The van der Waals surface area contributed by atoms with Gasteiger partial charge in [0, 0.05) is 27.7 Å². The zero-order valence-corrected chi connectivity index (χ0v) is 20.8. The van der Waals surface area contributed by atoms with Crippen LogP contribution in [0.4, 0.5) is 0 Å². The molecule has 0 bridgehead atoms. The molecule has 1 N–H and O–H groups in total. The largest absolute Gasteiger partial charge is 0.493 e. The summed E-state index contributed by atoms with van der Waals surface area (Å²) in [4.78, 5) is 12.6. The van der Waals surface area contributed by atoms with Crippen LogP contribution in [0.15, 0.2) is 48.5 Å². The third kappa shape index (κ3) is 5.14. The standard InChI is InChI=1S/C27H24Cl3NO3/c28-20-8-5-16(22(29)15-20)11-12-31-27(32)18-6-9-21(10-7-18)34-26-23(30)14-19-2-1-13-33-25(19)24(26)17-3-4-17/h5-10,14-15,17H,1-4,11-13H2,(H,31,32). The number of benzene rings is 3. The van der Waals surface area contributed by atoms with Gasteiger partial charge in [0.05, 0.1) is 11.6 Å². The molecule has 1 fully saturated rings. The Morgan fingerprint density at radius 1 is 1.03 bits per heavy atom. The van der Waals surface area contributed by atoms with Crippen molar-refractivity contribution in [1.29, 1.82) is 0 Å². The van der Waals surface area contributed by atoms with Gasteiger partial charge in [-0.15, -0.1) is 0 Å². The molecule has 2 aliphatic rings. The molecule has 0 radical (unpaired) electrons. The van der Waals surface area contributed by atoms with E-state index in [4.69, 9.17) is 44.3 Å². The van der Waals surface area contributed by atoms with E-state index in [1.165, 1.54) is 0 Å². The van der Waals surface area contributed by atoms with Gasteiger partial charge in [0.1, 0.15) is 11.5 Å². The molecule has 0 saturated heterocycles. The van der Waals surface area contributed by atoms with Crippen molar-refractivity contribution in [3.05, 3.63) is 85.9 Å². The van der Waals surface area contributed by atoms with Gasteiger partial charge in [-0.3, -0.25) is 4.79 Å². The molecule has 0 aromatic heterocycles. The monoisotopic (exact) mass is 515 g/mol. The number of carbonyl (C=O) groups is 1. The minimum absolute atomic E-state index is 0.157. The lowest BCUT2D eigenvalue weighted by Crippen LogP contribution is -2.25. The topological polar surface area (TPSA) is 47.6 Å². The maximum Gasteiger partial charge on any atom is 0.251 e. The summed E-state index contributed by atoms with van der Waals surface area (Å²) in [6.07, 6.45) is 4.83. The molecular weight excluding hydrogens is 493 g/mol. The molecule has 1 amide bonds. The van der Waals surface area contributed by atoms with Crippen molar-refractivity contribution < 1.29 is 14.3 Å². The third-order valence-electron chi connectivity index (χ3n) is 6.15. The molecule has 5 rings (SSSR count). The first-order valence-corrected chi connectivity index (χ1v) is 12.6. The Kier molecular flexibility index (Phi) is 6.91. The first-order valence-electron chi connectivity index (χ1n) is 11.5. The van der Waals surface area contributed by atoms with E-state index in [-0.39, 0.29) is 5.91 Å². The van der Waals surface area contributed by atoms with Crippen LogP contribution in [0.3, 0.4) is 0 Å². The highest BCUT2D eigenvalue weighted by atomic mass is 35.5. The Bertz CT molecular complexity index is 1220. The molecule has 0 unspecified atom stereocenters. The Balaban J connectivity index is 1.25. The zero-order chi connectivity index (χ0) is 23.7. The normalized spacial score (nSPS) is 14.8. The smallest absolute Gasteiger partial charge is 0.251 e. The van der Waals surface area contributed by atoms with E-state index in [9.17, 15) is 4.79 Å². The van der Waals surface area contributed by atoms with Crippen LogP contribution in [-0.2, 0) is 12.8 Å². The average molecular weight is 517 g/mol. The summed E-state index contributed by atoms with van der Waals surface area (Å²) in [7, 11) is 0. The SMILES string of the molecule is O=C(NCCc1ccc(Cl)cc1Cl)c1ccc(Oc2c(Cl)cc3c(c2C2CC2)OCCC3)cc1. The van der Waals surface area contributed by atoms with Crippen molar-refractivity contribution >= 4 is 40.7 Å². The summed E-state index contributed by atoms with van der Waals surface area (Å²) in [5.74, 6) is 2.52. The second kappa shape index (κ2) is 10.1. The first kappa shape index (κ1) is 23.3. The van der Waals surface area contributed by atoms with Crippen molar-refractivity contribution in [2.24, 2.45) is 0 Å². The summed E-state index contributed by atoms with van der Waals surface area (Å²) < 4.78 is 12.3. The molecule has 1 saturated carbocycles. The molecule has 4 nitrogen and oxygen atoms in total. The summed E-state index contributed by atoms with van der Waals surface area (Å²) >= 11 is 18.8. The predicted octanol–water partition coefficient (Wildman–Crippen LogP) is 7.61. The molecule has 1 aliphatic carbocycles. The highest BCUT2D eigenvalue weighted by molar-refractivity contribution is 6.35. The van der Waals surface area contributed by atoms with Crippen LogP contribution in [0, 0.1) is 0 Å². The van der Waals surface area contributed by atoms with Crippen molar-refractivity contribution in [2.45, 2.75) is 38.0 Å². The van der Waals surface area contributed by atoms with Crippen molar-refractivity contribution in [1.82, 2.24) is 5.32 Å². The van der Waals surface area contributed by atoms with Gasteiger partial charge in [-0.05, 0) is 91.6 Å². The van der Waals surface area contributed by atoms with Crippen molar-refractivity contribution in [3.8, 4) is 17.2 Å². The van der Waals surface area contributed by atoms with Crippen LogP contribution >= 0.6 is 34.8 Å². The quantitative estimate of drug-likeness (QED) is 0.351. The van der Waals surface area contributed by atoms with Gasteiger partial charge < -0.3 is 14.8 Å². The van der Waals surface area contributed by atoms with Crippen LogP contribution in [0.25, 0.3) is 0 Å². The fourth-order valence-corrected chi connectivity index (χ4v) is 5.03. The number of hydrogen-bond donors (Lipinski definition) is 1. The first-order chi connectivity index (χ1) is 16.5. The lowest BCUT2D eigenvalue weighted by atomic mass is 9.98. The van der Waals surface area contributed by atoms with E-state index in [1.807, 2.05) is 12.1 Å². The van der Waals surface area contributed by atoms with Crippen LogP contribution in [0.1, 0.15) is 52.2 Å². The van der Waals surface area contributed by atoms with Gasteiger partial charge in [-0.1, -0.05) is 40.9 Å². The van der Waals surface area contributed by atoms with E-state index in [2.05, 4.69) is 5.32 Å². The summed E-state index contributed by atoms with van der Waals surface area (Å²) in [5, 5.41) is 4.72. The van der Waals surface area contributed by atoms with Gasteiger partial charge in [0.2, 0.25) is 0 Å². The fourth-order valence-electron chi connectivity index (χ4n) is 4.26. The van der Waals surface area contributed by atoms with Crippen LogP contribution in [0.5, 0.6) is 17.2 Å². The number of hydrogen-bond acceptors (Lipinski definition) is 3. The minimum atomic E-state index is -0.157. The number of fused-ring (bicyclic) bond motifs is 1. The average Bonchev–Trinajstić information content (AvgIpc) is 3.66. The predicted molar refractivity (Wildman–Crippen MR) is 136 cm³/mol. The maximum atomic E-state index is 12.6. The number of aryl methyl sites for hydroxylation is 1. The lowest BCUT2D eigenvalue weighted by molar-refractivity contribution is 0.0954. The highest BCUT2D eigenvalue weighted by Crippen LogP contribution is 2.54. The van der Waals surface area contributed by atoms with Crippen LogP contribution < -0.4 is 14.8 Å². The highest BCUT2D eigenvalue weighted by Gasteiger charge is 2.34. The van der Waals surface area contributed by atoms with E-state index in [1.54, 1.807) is 36.4 Å². The molecule has 34 heavy (non-hydrogen) atoms. The zero-order valence-electron chi connectivity index (χ0n) is 18.5. The van der Waals surface area contributed by atoms with Gasteiger partial charge in [-0.2, -0.15) is 0 Å². The number of carbonyl (C=O) groups excluding carboxylic acids is 1. The van der Waals surface area contributed by atoms with Gasteiger partial charge in [0.25, 0.3) is 5.91 Å². The third-order valence-corrected chi connectivity index (χ3v) is 7.02. The molecule has 0 atom stereocenters. The molecule has 7 heteroatoms. The Morgan fingerprint density at radius 2 is 1.82 bits per heavy atom. The van der Waals surface area contributed by atoms with E-state index >= 15 is 0 Å².